The molecule has 0 unspecified atom stereocenters. The molecular weight excluding hydrogens is 593 g/mol. The van der Waals surface area contributed by atoms with Crippen LogP contribution in [0.1, 0.15) is 32.9 Å². The van der Waals surface area contributed by atoms with Gasteiger partial charge < -0.3 is 13.7 Å². The maximum Gasteiger partial charge on any atom is 0.289 e. The number of para-hydroxylation sites is 3. The summed E-state index contributed by atoms with van der Waals surface area (Å²) >= 11 is 0.723. The third-order valence-electron chi connectivity index (χ3n) is 8.12. The zero-order chi connectivity index (χ0) is 51.5. The van der Waals surface area contributed by atoms with Gasteiger partial charge >= 0.3 is 0 Å². The largest absolute Gasteiger partial charge is 0.458 e. The lowest BCUT2D eigenvalue weighted by atomic mass is 9.57. The molecule has 218 valence electrons. The van der Waals surface area contributed by atoms with Crippen molar-refractivity contribution in [2.24, 2.45) is 0 Å². The van der Waals surface area contributed by atoms with E-state index >= 15 is 0 Å². The van der Waals surface area contributed by atoms with Gasteiger partial charge in [-0.15, -0.1) is 0 Å². The molecule has 0 saturated heterocycles. The first kappa shape index (κ1) is 11.9. The van der Waals surface area contributed by atoms with E-state index in [1.165, 1.54) is 0 Å². The first-order valence-electron chi connectivity index (χ1n) is 26.0. The fourth-order valence-corrected chi connectivity index (χ4v) is 7.42. The smallest absolute Gasteiger partial charge is 0.289 e. The Balaban J connectivity index is 1.32. The van der Waals surface area contributed by atoms with Crippen molar-refractivity contribution >= 4 is 72.3 Å². The van der Waals surface area contributed by atoms with E-state index in [0.29, 0.717) is 0 Å². The Labute approximate surface area is 308 Å². The van der Waals surface area contributed by atoms with Crippen LogP contribution in [0.4, 0.5) is 0 Å². The second-order valence-electron chi connectivity index (χ2n) is 10.6. The summed E-state index contributed by atoms with van der Waals surface area (Å²) in [7, 11) is 0. The van der Waals surface area contributed by atoms with Gasteiger partial charge in [0.2, 0.25) is 0 Å². The van der Waals surface area contributed by atoms with Gasteiger partial charge in [-0.05, 0) is 81.5 Å². The van der Waals surface area contributed by atoms with Crippen molar-refractivity contribution in [3.63, 3.8) is 0 Å². The summed E-state index contributed by atoms with van der Waals surface area (Å²) in [5.74, 6) is -2.57. The molecule has 3 nitrogen and oxygen atoms in total. The van der Waals surface area contributed by atoms with Crippen molar-refractivity contribution in [2.75, 3.05) is 0 Å². The molecule has 2 aliphatic rings. The van der Waals surface area contributed by atoms with Crippen LogP contribution in [-0.4, -0.2) is 10.6 Å². The number of hydrogen-bond donors (Lipinski definition) is 0. The molecule has 0 amide bonds. The first-order valence-corrected chi connectivity index (χ1v) is 14.9. The lowest BCUT2D eigenvalue weighted by molar-refractivity contribution is 0.488. The molecule has 0 atom stereocenters. The Morgan fingerprint density at radius 1 is 0.574 bits per heavy atom. The molecule has 11 rings (SSSR count). The number of benzene rings is 7. The average molecular weight is 642 g/mol. The second kappa shape index (κ2) is 9.44. The molecule has 2 aromatic heterocycles. The molecule has 0 radical (unpaired) electrons. The normalized spacial score (nSPS) is 20.3. The molecule has 0 saturated carbocycles. The van der Waals surface area contributed by atoms with E-state index in [9.17, 15) is 8.22 Å². The number of rotatable bonds is 2. The van der Waals surface area contributed by atoms with Crippen molar-refractivity contribution in [3.8, 4) is 39.4 Å². The Morgan fingerprint density at radius 2 is 1.28 bits per heavy atom. The molecule has 2 aliphatic heterocycles. The summed E-state index contributed by atoms with van der Waals surface area (Å²) < 4.78 is 229. The van der Waals surface area contributed by atoms with Crippen molar-refractivity contribution in [1.82, 2.24) is 4.57 Å². The molecule has 7 aromatic carbocycles. The molecule has 0 fully saturated rings. The molecule has 5 heteroatoms. The van der Waals surface area contributed by atoms with E-state index in [-0.39, 0.29) is 37.7 Å². The number of aromatic nitrogens is 1. The monoisotopic (exact) mass is 641 g/mol. The van der Waals surface area contributed by atoms with E-state index in [0.717, 1.165) is 16.2 Å². The van der Waals surface area contributed by atoms with Crippen LogP contribution in [-0.2, 0) is 0 Å². The predicted octanol–water partition coefficient (Wildman–Crippen LogP) is 10.3. The Morgan fingerprint density at radius 3 is 2.13 bits per heavy atom. The van der Waals surface area contributed by atoms with Crippen LogP contribution in [0, 0.1) is 0 Å². The Hall–Kier alpha value is -5.65. The van der Waals surface area contributed by atoms with Gasteiger partial charge in [-0.1, -0.05) is 90.6 Å². The molecule has 47 heavy (non-hydrogen) atoms. The van der Waals surface area contributed by atoms with E-state index in [2.05, 4.69) is 0 Å². The van der Waals surface area contributed by atoms with Gasteiger partial charge in [0.15, 0.2) is 0 Å². The van der Waals surface area contributed by atoms with Gasteiger partial charge in [0.1, 0.15) is 22.7 Å². The zero-order valence-electron chi connectivity index (χ0n) is 47.2. The summed E-state index contributed by atoms with van der Waals surface area (Å²) in [6.07, 6.45) is 0. The maximum absolute atomic E-state index is 9.93. The molecular formula is C42H24BNO2S. The molecule has 0 spiro atoms. The Kier molecular flexibility index (Phi) is 2.38. The van der Waals surface area contributed by atoms with E-state index in [4.69, 9.17) is 33.8 Å². The van der Waals surface area contributed by atoms with Crippen LogP contribution in [0.2, 0.25) is 0 Å². The molecule has 0 bridgehead atoms. The topological polar surface area (TPSA) is 27.3 Å². The number of furan rings is 1. The maximum atomic E-state index is 9.93. The molecule has 0 aliphatic carbocycles. The minimum Gasteiger partial charge on any atom is -0.458 e. The summed E-state index contributed by atoms with van der Waals surface area (Å²) in [5.41, 5.74) is -4.83. The van der Waals surface area contributed by atoms with Crippen molar-refractivity contribution < 1.29 is 42.1 Å². The van der Waals surface area contributed by atoms with Crippen LogP contribution in [0.3, 0.4) is 0 Å². The number of hydrogen-bond acceptors (Lipinski definition) is 3. The molecule has 9 aromatic rings. The quantitative estimate of drug-likeness (QED) is 0.176. The second-order valence-corrected chi connectivity index (χ2v) is 11.7. The summed E-state index contributed by atoms with van der Waals surface area (Å²) in [6, 6.07) is -17.9. The van der Waals surface area contributed by atoms with Crippen LogP contribution < -0.4 is 15.7 Å². The first-order chi connectivity index (χ1) is 33.3. The Bertz CT molecular complexity index is 4060. The lowest BCUT2D eigenvalue weighted by Crippen LogP contribution is -2.46. The minimum atomic E-state index is -1.43. The highest BCUT2D eigenvalue weighted by molar-refractivity contribution is 8.28. The summed E-state index contributed by atoms with van der Waals surface area (Å²) in [5, 5.41) is -1.55. The fraction of sp³-hybridized carbons (Fsp3) is 0. The van der Waals surface area contributed by atoms with Crippen molar-refractivity contribution in [3.05, 3.63) is 145 Å². The van der Waals surface area contributed by atoms with Gasteiger partial charge in [0.05, 0.1) is 43.9 Å². The van der Waals surface area contributed by atoms with Gasteiger partial charge in [-0.25, -0.2) is 0 Å². The van der Waals surface area contributed by atoms with Crippen LogP contribution in [0.15, 0.2) is 154 Å². The zero-order valence-corrected chi connectivity index (χ0v) is 24.1. The average Bonchev–Trinajstić information content (AvgIpc) is 3.92. The summed E-state index contributed by atoms with van der Waals surface area (Å²) in [4.78, 5) is -0.192. The van der Waals surface area contributed by atoms with Crippen LogP contribution in [0.5, 0.6) is 11.5 Å². The van der Waals surface area contributed by atoms with Crippen molar-refractivity contribution in [1.29, 1.82) is 0 Å². The third-order valence-corrected chi connectivity index (χ3v) is 9.36. The highest BCUT2D eigenvalue weighted by atomic mass is 32.2. The molecule has 4 heterocycles. The SMILES string of the molecule is [2H]c1c([2H])c([2H])c2c(c1[2H])SB1c3c([2H])c([2H])c(-n4c5c([2H])c([2H])c([2H])c([2H])c5c5c([2H])c([2H])c([2H])c([2H])c54)c([2H])c3Oc3c([2H])c(-c4c([2H])c([2H])c([2H])c5oc6c([2H])c([2H])c([2H])c([2H])c6c45)c([2H])c-2c31. The van der Waals surface area contributed by atoms with E-state index in [1.54, 1.807) is 0 Å². The van der Waals surface area contributed by atoms with Gasteiger partial charge in [-0.2, -0.15) is 11.6 Å². The van der Waals surface area contributed by atoms with E-state index in [1.807, 2.05) is 0 Å². The summed E-state index contributed by atoms with van der Waals surface area (Å²) in [6.45, 7) is 0. The van der Waals surface area contributed by atoms with Crippen LogP contribution >= 0.6 is 11.6 Å². The molecule has 0 N–H and O–H groups in total. The highest BCUT2D eigenvalue weighted by Gasteiger charge is 2.39. The predicted molar refractivity (Wildman–Crippen MR) is 196 cm³/mol. The van der Waals surface area contributed by atoms with Gasteiger partial charge in [-0.3, -0.25) is 0 Å². The standard InChI is InChI=1S/C42H24BNO2S/c1-5-15-34-28(10-1)29-11-2-6-16-35(29)44(34)26-20-21-33-38(24-26)46-39-23-25(22-32-30-12-4-8-19-40(30)47-43(33)42(32)39)27-14-9-18-37-41(27)31-13-3-7-17-36(31)45-37/h1-24H/i1D,2D,3D,4D,5D,6D,7D,8D,9D,10D,11D,12D,13D,14D,15D,16D,17D,18D,19D,20D,21D,22D,23D,24D. The lowest BCUT2D eigenvalue weighted by Gasteiger charge is -2.33. The number of fused-ring (bicyclic) bond motifs is 10. The van der Waals surface area contributed by atoms with Crippen LogP contribution in [0.25, 0.3) is 71.7 Å². The van der Waals surface area contributed by atoms with Gasteiger partial charge in [0.25, 0.3) is 5.99 Å². The van der Waals surface area contributed by atoms with E-state index < -0.39 is 212 Å². The highest BCUT2D eigenvalue weighted by Crippen LogP contribution is 2.46. The number of ether oxygens (including phenoxy) is 1. The third kappa shape index (κ3) is 3.55. The number of nitrogens with zero attached hydrogens (tertiary/aromatic N) is 1. The van der Waals surface area contributed by atoms with Gasteiger partial charge in [0, 0.05) is 38.2 Å². The van der Waals surface area contributed by atoms with Crippen molar-refractivity contribution in [2.45, 2.75) is 4.90 Å². The minimum absolute atomic E-state index is 0.149. The fourth-order valence-electron chi connectivity index (χ4n) is 6.18.